The predicted molar refractivity (Wildman–Crippen MR) is 60.1 cm³/mol. The average Bonchev–Trinajstić information content (AvgIpc) is 2.61. The maximum Gasteiger partial charge on any atom is 0.269 e. The molecule has 1 amide bonds. The Labute approximate surface area is 97.0 Å². The molecule has 0 radical (unpaired) electrons. The summed E-state index contributed by atoms with van der Waals surface area (Å²) in [6.07, 6.45) is 3.13. The van der Waals surface area contributed by atoms with Crippen LogP contribution in [0.1, 0.15) is 10.5 Å². The van der Waals surface area contributed by atoms with Gasteiger partial charge < -0.3 is 14.6 Å². The Morgan fingerprint density at radius 1 is 1.80 bits per heavy atom. The molecule has 5 nitrogen and oxygen atoms in total. The maximum atomic E-state index is 11.6. The number of imidazole rings is 1. The monoisotopic (exact) mass is 275 g/mol. The van der Waals surface area contributed by atoms with Crippen molar-refractivity contribution in [1.82, 2.24) is 14.9 Å². The first-order valence-electron chi connectivity index (χ1n) is 4.52. The molecule has 6 heteroatoms. The molecule has 0 spiro atoms. The molecular weight excluding hydrogens is 262 g/mol. The third-order valence-corrected chi connectivity index (χ3v) is 2.47. The van der Waals surface area contributed by atoms with Crippen molar-refractivity contribution in [2.24, 2.45) is 7.05 Å². The van der Waals surface area contributed by atoms with E-state index in [1.165, 1.54) is 6.20 Å². The van der Waals surface area contributed by atoms with Gasteiger partial charge in [0.1, 0.15) is 5.69 Å². The lowest BCUT2D eigenvalue weighted by Crippen LogP contribution is -2.32. The number of amides is 1. The summed E-state index contributed by atoms with van der Waals surface area (Å²) in [6.45, 7) is 1.09. The van der Waals surface area contributed by atoms with Crippen LogP contribution in [0.15, 0.2) is 12.5 Å². The highest BCUT2D eigenvalue weighted by Gasteiger charge is 2.11. The number of methoxy groups -OCH3 is 1. The highest BCUT2D eigenvalue weighted by molar-refractivity contribution is 9.09. The molecule has 1 heterocycles. The second-order valence-electron chi connectivity index (χ2n) is 3.15. The topological polar surface area (TPSA) is 56.1 Å². The van der Waals surface area contributed by atoms with E-state index in [9.17, 15) is 4.79 Å². The summed E-state index contributed by atoms with van der Waals surface area (Å²) in [7, 11) is 3.40. The number of rotatable bonds is 5. The van der Waals surface area contributed by atoms with Crippen molar-refractivity contribution in [3.8, 4) is 0 Å². The Morgan fingerprint density at radius 2 is 2.53 bits per heavy atom. The average molecular weight is 276 g/mol. The van der Waals surface area contributed by atoms with Gasteiger partial charge in [-0.05, 0) is 0 Å². The van der Waals surface area contributed by atoms with E-state index in [0.29, 0.717) is 18.8 Å². The van der Waals surface area contributed by atoms with Crippen molar-refractivity contribution in [3.05, 3.63) is 18.2 Å². The summed E-state index contributed by atoms with van der Waals surface area (Å²) in [4.78, 5) is 15.6. The van der Waals surface area contributed by atoms with Crippen LogP contribution >= 0.6 is 15.9 Å². The molecule has 1 aromatic heterocycles. The maximum absolute atomic E-state index is 11.6. The van der Waals surface area contributed by atoms with Crippen LogP contribution in [0.5, 0.6) is 0 Å². The number of halogens is 1. The van der Waals surface area contributed by atoms with Crippen LogP contribution in [0.2, 0.25) is 0 Å². The summed E-state index contributed by atoms with van der Waals surface area (Å²) in [5.74, 6) is -0.129. The summed E-state index contributed by atoms with van der Waals surface area (Å²) >= 11 is 3.39. The van der Waals surface area contributed by atoms with Crippen LogP contribution in [0.25, 0.3) is 0 Å². The van der Waals surface area contributed by atoms with Gasteiger partial charge in [-0.3, -0.25) is 4.79 Å². The minimum absolute atomic E-state index is 0.125. The Hall–Kier alpha value is -0.880. The van der Waals surface area contributed by atoms with Gasteiger partial charge in [-0.1, -0.05) is 15.9 Å². The summed E-state index contributed by atoms with van der Waals surface area (Å²) in [5, 5.41) is 2.78. The molecule has 1 rings (SSSR count). The lowest BCUT2D eigenvalue weighted by molar-refractivity contribution is 0.0942. The van der Waals surface area contributed by atoms with Crippen LogP contribution < -0.4 is 5.32 Å². The van der Waals surface area contributed by atoms with Gasteiger partial charge in [0.15, 0.2) is 0 Å². The van der Waals surface area contributed by atoms with Crippen molar-refractivity contribution in [3.63, 3.8) is 0 Å². The largest absolute Gasteiger partial charge is 0.383 e. The number of aryl methyl sites for hydroxylation is 1. The Morgan fingerprint density at radius 3 is 3.07 bits per heavy atom. The predicted octanol–water partition coefficient (Wildman–Crippen LogP) is 0.560. The number of nitrogens with one attached hydrogen (secondary N) is 1. The molecule has 0 aliphatic heterocycles. The first kappa shape index (κ1) is 12.2. The first-order chi connectivity index (χ1) is 7.15. The molecule has 0 aromatic carbocycles. The van der Waals surface area contributed by atoms with Gasteiger partial charge in [0.05, 0.1) is 24.0 Å². The second kappa shape index (κ2) is 5.87. The number of aromatic nitrogens is 2. The molecule has 1 unspecified atom stereocenters. The fourth-order valence-electron chi connectivity index (χ4n) is 1.11. The Balaban J connectivity index is 2.40. The van der Waals surface area contributed by atoms with E-state index < -0.39 is 0 Å². The molecule has 0 saturated carbocycles. The van der Waals surface area contributed by atoms with Crippen LogP contribution in [0.3, 0.4) is 0 Å². The highest BCUT2D eigenvalue weighted by atomic mass is 79.9. The molecule has 1 aromatic rings. The highest BCUT2D eigenvalue weighted by Crippen LogP contribution is 2.00. The van der Waals surface area contributed by atoms with E-state index in [1.807, 2.05) is 0 Å². The number of ether oxygens (including phenoxy) is 1. The smallest absolute Gasteiger partial charge is 0.269 e. The first-order valence-corrected chi connectivity index (χ1v) is 5.44. The Bertz CT molecular complexity index is 327. The lowest BCUT2D eigenvalue weighted by atomic mass is 10.4. The summed E-state index contributed by atoms with van der Waals surface area (Å²) in [5.41, 5.74) is 0.548. The standard InChI is InChI=1S/C9H14BrN3O2/c1-13-6-11-4-8(13)9(14)12-3-7(10)5-15-2/h4,6-7H,3,5H2,1-2H3,(H,12,14). The fourth-order valence-corrected chi connectivity index (χ4v) is 1.54. The van der Waals surface area contributed by atoms with Crippen LogP contribution in [0, 0.1) is 0 Å². The van der Waals surface area contributed by atoms with Gasteiger partial charge >= 0.3 is 0 Å². The van der Waals surface area contributed by atoms with Crippen molar-refractivity contribution in [1.29, 1.82) is 0 Å². The van der Waals surface area contributed by atoms with Gasteiger partial charge in [0.25, 0.3) is 5.91 Å². The quantitative estimate of drug-likeness (QED) is 0.799. The molecule has 0 aliphatic carbocycles. The summed E-state index contributed by atoms with van der Waals surface area (Å²) < 4.78 is 6.61. The summed E-state index contributed by atoms with van der Waals surface area (Å²) in [6, 6.07) is 0. The van der Waals surface area contributed by atoms with E-state index in [1.54, 1.807) is 25.1 Å². The number of carbonyl (C=O) groups excluding carboxylic acids is 1. The number of hydrogen-bond donors (Lipinski definition) is 1. The second-order valence-corrected chi connectivity index (χ2v) is 4.45. The SMILES string of the molecule is COCC(Br)CNC(=O)c1cncn1C. The number of carbonyl (C=O) groups is 1. The fraction of sp³-hybridized carbons (Fsp3) is 0.556. The van der Waals surface area contributed by atoms with E-state index in [2.05, 4.69) is 26.2 Å². The number of alkyl halides is 1. The van der Waals surface area contributed by atoms with Crippen LogP contribution in [-0.4, -0.2) is 40.5 Å². The third kappa shape index (κ3) is 3.64. The van der Waals surface area contributed by atoms with Gasteiger partial charge in [-0.2, -0.15) is 0 Å². The van der Waals surface area contributed by atoms with E-state index in [4.69, 9.17) is 4.74 Å². The minimum atomic E-state index is -0.129. The number of hydrogen-bond acceptors (Lipinski definition) is 3. The molecule has 1 N–H and O–H groups in total. The van der Waals surface area contributed by atoms with E-state index in [-0.39, 0.29) is 10.7 Å². The zero-order valence-corrected chi connectivity index (χ0v) is 10.3. The minimum Gasteiger partial charge on any atom is -0.383 e. The van der Waals surface area contributed by atoms with Crippen LogP contribution in [-0.2, 0) is 11.8 Å². The van der Waals surface area contributed by atoms with Gasteiger partial charge in [-0.25, -0.2) is 4.98 Å². The van der Waals surface area contributed by atoms with Crippen molar-refractivity contribution in [2.45, 2.75) is 4.83 Å². The molecule has 0 saturated heterocycles. The van der Waals surface area contributed by atoms with Gasteiger partial charge in [0, 0.05) is 20.7 Å². The van der Waals surface area contributed by atoms with Crippen LogP contribution in [0.4, 0.5) is 0 Å². The normalized spacial score (nSPS) is 12.5. The molecule has 0 fully saturated rings. The van der Waals surface area contributed by atoms with Crippen molar-refractivity contribution in [2.75, 3.05) is 20.3 Å². The number of nitrogens with zero attached hydrogens (tertiary/aromatic N) is 2. The van der Waals surface area contributed by atoms with Gasteiger partial charge in [-0.15, -0.1) is 0 Å². The molecule has 1 atom stereocenters. The molecular formula is C9H14BrN3O2. The van der Waals surface area contributed by atoms with Crippen molar-refractivity contribution >= 4 is 21.8 Å². The van der Waals surface area contributed by atoms with E-state index >= 15 is 0 Å². The zero-order chi connectivity index (χ0) is 11.3. The molecule has 84 valence electrons. The third-order valence-electron chi connectivity index (χ3n) is 1.88. The van der Waals surface area contributed by atoms with E-state index in [0.717, 1.165) is 0 Å². The Kier molecular flexibility index (Phi) is 4.77. The van der Waals surface area contributed by atoms with Gasteiger partial charge in [0.2, 0.25) is 0 Å². The molecule has 15 heavy (non-hydrogen) atoms. The lowest BCUT2D eigenvalue weighted by Gasteiger charge is -2.09. The zero-order valence-electron chi connectivity index (χ0n) is 8.74. The molecule has 0 bridgehead atoms. The van der Waals surface area contributed by atoms with Crippen molar-refractivity contribution < 1.29 is 9.53 Å². The molecule has 0 aliphatic rings.